The van der Waals surface area contributed by atoms with Crippen molar-refractivity contribution in [3.63, 3.8) is 0 Å². The number of likely N-dealkylation sites (N-methyl/N-ethyl adjacent to an activating group) is 2. The number of nitrogens with one attached hydrogen (secondary N) is 1. The Morgan fingerprint density at radius 3 is 2.95 bits per heavy atom. The van der Waals surface area contributed by atoms with Crippen LogP contribution >= 0.6 is 11.8 Å². The summed E-state index contributed by atoms with van der Waals surface area (Å²) in [5.74, 6) is 3.24. The molecule has 0 amide bonds. The molecular formula is C16H27N3OS. The first-order chi connectivity index (χ1) is 10.1. The molecule has 2 unspecified atom stereocenters. The molecule has 0 radical (unpaired) electrons. The van der Waals surface area contributed by atoms with Gasteiger partial charge in [-0.25, -0.2) is 0 Å². The number of nitrogens with zero attached hydrogens (tertiary/aromatic N) is 2. The molecule has 1 fully saturated rings. The van der Waals surface area contributed by atoms with Gasteiger partial charge in [-0.1, -0.05) is 6.92 Å². The Hall–Kier alpha value is -0.780. The number of rotatable bonds is 6. The van der Waals surface area contributed by atoms with Crippen molar-refractivity contribution in [1.29, 1.82) is 0 Å². The Morgan fingerprint density at radius 2 is 2.29 bits per heavy atom. The van der Waals surface area contributed by atoms with Gasteiger partial charge in [0.2, 0.25) is 0 Å². The standard InChI is InChI=1S/C16H27N3OS/c1-5-18-16(15-11-21-7-6-19(15)4)13-8-14(10-17-9-13)20-12(2)3/h8-10,12,15-16,18H,5-7,11H2,1-4H3. The largest absolute Gasteiger partial charge is 0.489 e. The van der Waals surface area contributed by atoms with E-state index in [-0.39, 0.29) is 6.10 Å². The second-order valence-corrected chi connectivity index (χ2v) is 6.93. The number of aromatic nitrogens is 1. The van der Waals surface area contributed by atoms with Crippen LogP contribution < -0.4 is 10.1 Å². The smallest absolute Gasteiger partial charge is 0.138 e. The maximum atomic E-state index is 5.79. The van der Waals surface area contributed by atoms with Crippen LogP contribution in [-0.2, 0) is 0 Å². The molecule has 21 heavy (non-hydrogen) atoms. The Morgan fingerprint density at radius 1 is 1.48 bits per heavy atom. The molecule has 0 bridgehead atoms. The minimum absolute atomic E-state index is 0.174. The topological polar surface area (TPSA) is 37.4 Å². The van der Waals surface area contributed by atoms with Crippen LogP contribution in [0, 0.1) is 0 Å². The Bertz CT molecular complexity index is 441. The lowest BCUT2D eigenvalue weighted by Crippen LogP contribution is -2.47. The van der Waals surface area contributed by atoms with E-state index >= 15 is 0 Å². The molecule has 1 aliphatic heterocycles. The molecule has 2 atom stereocenters. The van der Waals surface area contributed by atoms with Crippen molar-refractivity contribution in [2.45, 2.75) is 39.0 Å². The third-order valence-corrected chi connectivity index (χ3v) is 4.77. The molecule has 0 saturated carbocycles. The lowest BCUT2D eigenvalue weighted by Gasteiger charge is -2.38. The fraction of sp³-hybridized carbons (Fsp3) is 0.688. The molecule has 0 spiro atoms. The molecule has 0 aromatic carbocycles. The summed E-state index contributed by atoms with van der Waals surface area (Å²) in [6.45, 7) is 8.34. The summed E-state index contributed by atoms with van der Waals surface area (Å²) in [5, 5.41) is 3.63. The summed E-state index contributed by atoms with van der Waals surface area (Å²) < 4.78 is 5.79. The fourth-order valence-corrected chi connectivity index (χ4v) is 3.97. The zero-order chi connectivity index (χ0) is 15.2. The van der Waals surface area contributed by atoms with Gasteiger partial charge in [0.15, 0.2) is 0 Å². The molecule has 1 aromatic heterocycles. The van der Waals surface area contributed by atoms with Gasteiger partial charge >= 0.3 is 0 Å². The summed E-state index contributed by atoms with van der Waals surface area (Å²) in [5.41, 5.74) is 1.22. The quantitative estimate of drug-likeness (QED) is 0.874. The maximum Gasteiger partial charge on any atom is 0.138 e. The monoisotopic (exact) mass is 309 g/mol. The van der Waals surface area contributed by atoms with Crippen LogP contribution in [0.5, 0.6) is 5.75 Å². The lowest BCUT2D eigenvalue weighted by atomic mass is 10.0. The molecule has 1 aromatic rings. The van der Waals surface area contributed by atoms with Gasteiger partial charge in [-0.15, -0.1) is 0 Å². The van der Waals surface area contributed by atoms with E-state index in [1.165, 1.54) is 11.3 Å². The van der Waals surface area contributed by atoms with Crippen molar-refractivity contribution in [3.8, 4) is 5.75 Å². The van der Waals surface area contributed by atoms with Crippen molar-refractivity contribution in [1.82, 2.24) is 15.2 Å². The van der Waals surface area contributed by atoms with Crippen LogP contribution in [0.4, 0.5) is 0 Å². The van der Waals surface area contributed by atoms with Crippen LogP contribution in [-0.4, -0.2) is 53.7 Å². The van der Waals surface area contributed by atoms with Crippen LogP contribution in [0.3, 0.4) is 0 Å². The second kappa shape index (κ2) is 8.01. The average Bonchev–Trinajstić information content (AvgIpc) is 2.45. The van der Waals surface area contributed by atoms with E-state index in [9.17, 15) is 0 Å². The van der Waals surface area contributed by atoms with Gasteiger partial charge in [-0.05, 0) is 39.1 Å². The van der Waals surface area contributed by atoms with Crippen molar-refractivity contribution >= 4 is 11.8 Å². The molecule has 1 aliphatic rings. The van der Waals surface area contributed by atoms with E-state index in [2.05, 4.69) is 35.2 Å². The number of hydrogen-bond acceptors (Lipinski definition) is 5. The average molecular weight is 309 g/mol. The summed E-state index contributed by atoms with van der Waals surface area (Å²) >= 11 is 2.04. The molecule has 2 rings (SSSR count). The highest BCUT2D eigenvalue weighted by Crippen LogP contribution is 2.28. The summed E-state index contributed by atoms with van der Waals surface area (Å²) in [4.78, 5) is 6.83. The van der Waals surface area contributed by atoms with Gasteiger partial charge in [-0.3, -0.25) is 9.88 Å². The van der Waals surface area contributed by atoms with Crippen molar-refractivity contribution in [3.05, 3.63) is 24.0 Å². The van der Waals surface area contributed by atoms with E-state index < -0.39 is 0 Å². The van der Waals surface area contributed by atoms with Gasteiger partial charge in [0.25, 0.3) is 0 Å². The molecular weight excluding hydrogens is 282 g/mol. The predicted molar refractivity (Wildman–Crippen MR) is 90.2 cm³/mol. The van der Waals surface area contributed by atoms with Gasteiger partial charge in [0.1, 0.15) is 5.75 Å². The molecule has 2 heterocycles. The van der Waals surface area contributed by atoms with E-state index in [1.807, 2.05) is 31.8 Å². The Kier molecular flexibility index (Phi) is 6.33. The normalized spacial score (nSPS) is 21.5. The van der Waals surface area contributed by atoms with Gasteiger partial charge in [0.05, 0.1) is 18.3 Å². The molecule has 5 heteroatoms. The van der Waals surface area contributed by atoms with E-state index in [0.29, 0.717) is 12.1 Å². The number of thioether (sulfide) groups is 1. The van der Waals surface area contributed by atoms with Crippen LogP contribution in [0.2, 0.25) is 0 Å². The fourth-order valence-electron chi connectivity index (χ4n) is 2.69. The number of pyridine rings is 1. The maximum absolute atomic E-state index is 5.79. The molecule has 0 aliphatic carbocycles. The van der Waals surface area contributed by atoms with E-state index in [0.717, 1.165) is 24.6 Å². The first-order valence-corrected chi connectivity index (χ1v) is 8.90. The first kappa shape index (κ1) is 16.6. The van der Waals surface area contributed by atoms with Crippen molar-refractivity contribution in [2.24, 2.45) is 0 Å². The highest BCUT2D eigenvalue weighted by atomic mass is 32.2. The molecule has 1 saturated heterocycles. The van der Waals surface area contributed by atoms with Gasteiger partial charge in [-0.2, -0.15) is 11.8 Å². The van der Waals surface area contributed by atoms with Crippen molar-refractivity contribution < 1.29 is 4.74 Å². The van der Waals surface area contributed by atoms with E-state index in [4.69, 9.17) is 4.74 Å². The lowest BCUT2D eigenvalue weighted by molar-refractivity contribution is 0.215. The van der Waals surface area contributed by atoms with Crippen LogP contribution in [0.15, 0.2) is 18.5 Å². The first-order valence-electron chi connectivity index (χ1n) is 7.74. The SMILES string of the molecule is CCNC(c1cncc(OC(C)C)c1)C1CSCCN1C. The highest BCUT2D eigenvalue weighted by Gasteiger charge is 2.29. The van der Waals surface area contributed by atoms with Crippen LogP contribution in [0.1, 0.15) is 32.4 Å². The summed E-state index contributed by atoms with van der Waals surface area (Å²) in [6, 6.07) is 2.93. The third-order valence-electron chi connectivity index (χ3n) is 3.72. The van der Waals surface area contributed by atoms with Gasteiger partial charge < -0.3 is 10.1 Å². The summed E-state index contributed by atoms with van der Waals surface area (Å²) in [6.07, 6.45) is 3.94. The minimum atomic E-state index is 0.174. The minimum Gasteiger partial charge on any atom is -0.489 e. The third kappa shape index (κ3) is 4.59. The zero-order valence-electron chi connectivity index (χ0n) is 13.5. The Balaban J connectivity index is 2.20. The van der Waals surface area contributed by atoms with Crippen molar-refractivity contribution in [2.75, 3.05) is 31.6 Å². The molecule has 118 valence electrons. The predicted octanol–water partition coefficient (Wildman–Crippen LogP) is 2.57. The zero-order valence-corrected chi connectivity index (χ0v) is 14.3. The number of hydrogen-bond donors (Lipinski definition) is 1. The number of ether oxygens (including phenoxy) is 1. The molecule has 4 nitrogen and oxygen atoms in total. The Labute approximate surface area is 132 Å². The second-order valence-electron chi connectivity index (χ2n) is 5.78. The van der Waals surface area contributed by atoms with E-state index in [1.54, 1.807) is 6.20 Å². The molecule has 1 N–H and O–H groups in total. The summed E-state index contributed by atoms with van der Waals surface area (Å²) in [7, 11) is 2.22. The highest BCUT2D eigenvalue weighted by molar-refractivity contribution is 7.99. The van der Waals surface area contributed by atoms with Gasteiger partial charge in [0, 0.05) is 30.3 Å². The van der Waals surface area contributed by atoms with Crippen LogP contribution in [0.25, 0.3) is 0 Å².